The van der Waals surface area contributed by atoms with Gasteiger partial charge in [-0.25, -0.2) is 0 Å². The van der Waals surface area contributed by atoms with Gasteiger partial charge in [-0.3, -0.25) is 10.00 Å². The highest BCUT2D eigenvalue weighted by atomic mass is 79.9. The average Bonchev–Trinajstić information content (AvgIpc) is 3.09. The van der Waals surface area contributed by atoms with Gasteiger partial charge in [0, 0.05) is 18.8 Å². The Morgan fingerprint density at radius 3 is 2.94 bits per heavy atom. The van der Waals surface area contributed by atoms with Crippen LogP contribution < -0.4 is 5.32 Å². The molecule has 1 fully saturated rings. The molecule has 98 valence electrons. The van der Waals surface area contributed by atoms with E-state index in [2.05, 4.69) is 39.3 Å². The number of nitrogens with zero attached hydrogens (tertiary/aromatic N) is 3. The number of aryl methyl sites for hydroxylation is 1. The molecule has 0 aromatic carbocycles. The van der Waals surface area contributed by atoms with Gasteiger partial charge in [-0.05, 0) is 48.0 Å². The highest BCUT2D eigenvalue weighted by Crippen LogP contribution is 2.26. The molecule has 1 unspecified atom stereocenters. The Labute approximate surface area is 116 Å². The highest BCUT2D eigenvalue weighted by molar-refractivity contribution is 9.10. The molecule has 2 rings (SSSR count). The van der Waals surface area contributed by atoms with Crippen molar-refractivity contribution in [2.45, 2.75) is 57.2 Å². The van der Waals surface area contributed by atoms with Crippen LogP contribution in [0.3, 0.4) is 0 Å². The zero-order valence-electron chi connectivity index (χ0n) is 10.7. The van der Waals surface area contributed by atoms with E-state index in [1.165, 1.54) is 12.8 Å². The maximum atomic E-state index is 9.41. The van der Waals surface area contributed by atoms with Crippen LogP contribution in [0.4, 0.5) is 0 Å². The number of hydrogen-bond acceptors (Lipinski definition) is 3. The van der Waals surface area contributed by atoms with Crippen molar-refractivity contribution in [2.24, 2.45) is 0 Å². The Bertz CT molecular complexity index is 432. The van der Waals surface area contributed by atoms with E-state index in [0.29, 0.717) is 6.04 Å². The van der Waals surface area contributed by atoms with Crippen LogP contribution in [0.2, 0.25) is 0 Å². The second kappa shape index (κ2) is 5.85. The molecule has 1 aromatic heterocycles. The van der Waals surface area contributed by atoms with E-state index in [9.17, 15) is 5.26 Å². The first-order valence-corrected chi connectivity index (χ1v) is 7.33. The number of aromatic nitrogens is 2. The van der Waals surface area contributed by atoms with Crippen molar-refractivity contribution in [2.75, 3.05) is 0 Å². The van der Waals surface area contributed by atoms with Crippen molar-refractivity contribution in [3.05, 3.63) is 16.9 Å². The first kappa shape index (κ1) is 13.6. The molecule has 1 aromatic rings. The Morgan fingerprint density at radius 2 is 2.44 bits per heavy atom. The van der Waals surface area contributed by atoms with Crippen molar-refractivity contribution >= 4 is 15.9 Å². The van der Waals surface area contributed by atoms with Crippen molar-refractivity contribution in [1.29, 1.82) is 5.26 Å². The third-order valence-electron chi connectivity index (χ3n) is 3.47. The molecule has 4 nitrogen and oxygen atoms in total. The van der Waals surface area contributed by atoms with E-state index in [1.54, 1.807) is 6.20 Å². The lowest BCUT2D eigenvalue weighted by molar-refractivity contribution is 0.348. The maximum Gasteiger partial charge on any atom is 0.106 e. The molecule has 1 heterocycles. The molecule has 0 bridgehead atoms. The molecule has 5 heteroatoms. The van der Waals surface area contributed by atoms with Gasteiger partial charge in [0.2, 0.25) is 0 Å². The SMILES string of the molecule is CCC(C#N)(CCCn1cc(Br)cn1)NC1CC1. The van der Waals surface area contributed by atoms with Gasteiger partial charge < -0.3 is 0 Å². The molecule has 1 saturated carbocycles. The minimum Gasteiger partial charge on any atom is -0.297 e. The molecule has 0 radical (unpaired) electrons. The molecule has 0 aliphatic heterocycles. The number of hydrogen-bond donors (Lipinski definition) is 1. The van der Waals surface area contributed by atoms with E-state index in [-0.39, 0.29) is 5.54 Å². The van der Waals surface area contributed by atoms with Gasteiger partial charge in [-0.1, -0.05) is 6.92 Å². The van der Waals surface area contributed by atoms with E-state index in [0.717, 1.165) is 30.3 Å². The molecule has 1 atom stereocenters. The fourth-order valence-corrected chi connectivity index (χ4v) is 2.47. The van der Waals surface area contributed by atoms with Crippen LogP contribution >= 0.6 is 15.9 Å². The van der Waals surface area contributed by atoms with E-state index in [1.807, 2.05) is 10.9 Å². The summed E-state index contributed by atoms with van der Waals surface area (Å²) in [5, 5.41) is 17.1. The summed E-state index contributed by atoms with van der Waals surface area (Å²) < 4.78 is 2.92. The summed E-state index contributed by atoms with van der Waals surface area (Å²) in [5.74, 6) is 0. The molecule has 1 aliphatic carbocycles. The lowest BCUT2D eigenvalue weighted by Gasteiger charge is -2.26. The van der Waals surface area contributed by atoms with Gasteiger partial charge in [0.25, 0.3) is 0 Å². The van der Waals surface area contributed by atoms with Gasteiger partial charge in [-0.15, -0.1) is 0 Å². The minimum atomic E-state index is -0.342. The third-order valence-corrected chi connectivity index (χ3v) is 3.88. The zero-order chi connectivity index (χ0) is 13.0. The standard InChI is InChI=1S/C13H19BrN4/c1-2-13(10-15,17-12-4-5-12)6-3-7-18-9-11(14)8-16-18/h8-9,12,17H,2-7H2,1H3. The van der Waals surface area contributed by atoms with Crippen LogP contribution in [0.25, 0.3) is 0 Å². The van der Waals surface area contributed by atoms with Gasteiger partial charge in [0.1, 0.15) is 5.54 Å². The fourth-order valence-electron chi connectivity index (χ4n) is 2.14. The molecule has 0 saturated heterocycles. The summed E-state index contributed by atoms with van der Waals surface area (Å²) in [6.45, 7) is 2.95. The van der Waals surface area contributed by atoms with E-state index >= 15 is 0 Å². The lowest BCUT2D eigenvalue weighted by atomic mass is 9.92. The summed E-state index contributed by atoms with van der Waals surface area (Å²) in [4.78, 5) is 0. The van der Waals surface area contributed by atoms with Crippen molar-refractivity contribution < 1.29 is 0 Å². The number of nitrogens with one attached hydrogen (secondary N) is 1. The molecular weight excluding hydrogens is 292 g/mol. The van der Waals surface area contributed by atoms with Gasteiger partial charge in [-0.2, -0.15) is 10.4 Å². The summed E-state index contributed by atoms with van der Waals surface area (Å²) in [6.07, 6.45) is 8.91. The van der Waals surface area contributed by atoms with Crippen LogP contribution in [0, 0.1) is 11.3 Å². The summed E-state index contributed by atoms with van der Waals surface area (Å²) in [5.41, 5.74) is -0.342. The Kier molecular flexibility index (Phi) is 4.41. The van der Waals surface area contributed by atoms with Crippen LogP contribution in [0.5, 0.6) is 0 Å². The number of nitriles is 1. The fraction of sp³-hybridized carbons (Fsp3) is 0.692. The predicted octanol–water partition coefficient (Wildman–Crippen LogP) is 2.85. The van der Waals surface area contributed by atoms with Gasteiger partial charge in [0.15, 0.2) is 0 Å². The van der Waals surface area contributed by atoms with Crippen LogP contribution in [-0.4, -0.2) is 21.4 Å². The van der Waals surface area contributed by atoms with Crippen molar-refractivity contribution in [3.63, 3.8) is 0 Å². The Morgan fingerprint density at radius 1 is 1.67 bits per heavy atom. The van der Waals surface area contributed by atoms with E-state index < -0.39 is 0 Å². The highest BCUT2D eigenvalue weighted by Gasteiger charge is 2.34. The molecular formula is C13H19BrN4. The molecule has 1 N–H and O–H groups in total. The Hall–Kier alpha value is -0.860. The third kappa shape index (κ3) is 3.56. The average molecular weight is 311 g/mol. The summed E-state index contributed by atoms with van der Waals surface area (Å²) >= 11 is 3.38. The maximum absolute atomic E-state index is 9.41. The zero-order valence-corrected chi connectivity index (χ0v) is 12.3. The van der Waals surface area contributed by atoms with Crippen molar-refractivity contribution in [1.82, 2.24) is 15.1 Å². The second-order valence-electron chi connectivity index (χ2n) is 4.99. The predicted molar refractivity (Wildman–Crippen MR) is 74.0 cm³/mol. The monoisotopic (exact) mass is 310 g/mol. The van der Waals surface area contributed by atoms with Crippen LogP contribution in [-0.2, 0) is 6.54 Å². The van der Waals surface area contributed by atoms with E-state index in [4.69, 9.17) is 0 Å². The normalized spacial score (nSPS) is 18.3. The first-order valence-electron chi connectivity index (χ1n) is 6.54. The van der Waals surface area contributed by atoms with Crippen LogP contribution in [0.15, 0.2) is 16.9 Å². The lowest BCUT2D eigenvalue weighted by Crippen LogP contribution is -2.44. The largest absolute Gasteiger partial charge is 0.297 e. The smallest absolute Gasteiger partial charge is 0.106 e. The van der Waals surface area contributed by atoms with Crippen molar-refractivity contribution in [3.8, 4) is 6.07 Å². The molecule has 0 spiro atoms. The molecule has 18 heavy (non-hydrogen) atoms. The molecule has 0 amide bonds. The number of halogens is 1. The quantitative estimate of drug-likeness (QED) is 0.842. The summed E-state index contributed by atoms with van der Waals surface area (Å²) in [7, 11) is 0. The van der Waals surface area contributed by atoms with Gasteiger partial charge >= 0.3 is 0 Å². The first-order chi connectivity index (χ1) is 8.67. The van der Waals surface area contributed by atoms with Gasteiger partial charge in [0.05, 0.1) is 16.7 Å². The minimum absolute atomic E-state index is 0.342. The number of rotatable bonds is 7. The second-order valence-corrected chi connectivity index (χ2v) is 5.91. The molecule has 1 aliphatic rings. The Balaban J connectivity index is 1.83. The van der Waals surface area contributed by atoms with Crippen LogP contribution in [0.1, 0.15) is 39.0 Å². The summed E-state index contributed by atoms with van der Waals surface area (Å²) in [6, 6.07) is 3.05. The topological polar surface area (TPSA) is 53.6 Å².